The molecule has 0 radical (unpaired) electrons. The molecule has 1 fully saturated rings. The first-order valence-corrected chi connectivity index (χ1v) is 8.41. The number of nitrogens with two attached hydrogens (primary N) is 1. The number of anilines is 1. The smallest absolute Gasteiger partial charge is 0.251 e. The summed E-state index contributed by atoms with van der Waals surface area (Å²) >= 11 is 0. The van der Waals surface area contributed by atoms with Gasteiger partial charge in [0.1, 0.15) is 5.82 Å². The topological polar surface area (TPSA) is 96.7 Å². The van der Waals surface area contributed by atoms with Gasteiger partial charge in [-0.05, 0) is 48.6 Å². The second kappa shape index (κ2) is 6.25. The van der Waals surface area contributed by atoms with Crippen molar-refractivity contribution < 1.29 is 9.18 Å². The molecule has 3 aromatic rings. The minimum absolute atomic E-state index is 0.177. The first kappa shape index (κ1) is 16.3. The van der Waals surface area contributed by atoms with Gasteiger partial charge in [0.2, 0.25) is 5.95 Å². The third kappa shape index (κ3) is 3.15. The molecule has 0 saturated heterocycles. The minimum atomic E-state index is -0.393. The maximum Gasteiger partial charge on any atom is 0.251 e. The molecule has 0 unspecified atom stereocenters. The van der Waals surface area contributed by atoms with Crippen LogP contribution in [-0.2, 0) is 0 Å². The highest BCUT2D eigenvalue weighted by molar-refractivity contribution is 5.96. The SMILES string of the molecule is Cc1c(F)cc(C(=O)NC2CC2)cc1-c1ccc(-c2nc(N)n[nH]2)cc1. The van der Waals surface area contributed by atoms with Crippen LogP contribution >= 0.6 is 0 Å². The van der Waals surface area contributed by atoms with E-state index in [4.69, 9.17) is 5.73 Å². The van der Waals surface area contributed by atoms with Crippen LogP contribution < -0.4 is 11.1 Å². The standard InChI is InChI=1S/C19H18FN5O/c1-10-15(8-13(9-16(10)20)18(26)22-14-6-7-14)11-2-4-12(5-3-11)17-23-19(21)25-24-17/h2-5,8-9,14H,6-7H2,1H3,(H,22,26)(H3,21,23,24,25). The fourth-order valence-corrected chi connectivity index (χ4v) is 2.82. The highest BCUT2D eigenvalue weighted by atomic mass is 19.1. The van der Waals surface area contributed by atoms with Crippen LogP contribution in [0.4, 0.5) is 10.3 Å². The van der Waals surface area contributed by atoms with Gasteiger partial charge in [-0.25, -0.2) is 4.39 Å². The summed E-state index contributed by atoms with van der Waals surface area (Å²) in [6, 6.07) is 10.7. The number of aromatic nitrogens is 3. The molecule has 0 spiro atoms. The van der Waals surface area contributed by atoms with E-state index in [1.54, 1.807) is 13.0 Å². The molecule has 1 amide bonds. The Morgan fingerprint density at radius 2 is 1.92 bits per heavy atom. The van der Waals surface area contributed by atoms with Crippen LogP contribution in [0, 0.1) is 12.7 Å². The van der Waals surface area contributed by atoms with Crippen LogP contribution in [0.3, 0.4) is 0 Å². The number of amides is 1. The summed E-state index contributed by atoms with van der Waals surface area (Å²) in [4.78, 5) is 16.4. The molecule has 0 bridgehead atoms. The van der Waals surface area contributed by atoms with E-state index in [0.717, 1.165) is 24.0 Å². The lowest BCUT2D eigenvalue weighted by Crippen LogP contribution is -2.25. The lowest BCUT2D eigenvalue weighted by Gasteiger charge is -2.11. The maximum atomic E-state index is 14.4. The summed E-state index contributed by atoms with van der Waals surface area (Å²) in [6.07, 6.45) is 1.97. The summed E-state index contributed by atoms with van der Waals surface area (Å²) in [5.41, 5.74) is 8.69. The lowest BCUT2D eigenvalue weighted by molar-refractivity contribution is 0.0950. The quantitative estimate of drug-likeness (QED) is 0.673. The molecule has 6 nitrogen and oxygen atoms in total. The number of benzene rings is 2. The third-order valence-corrected chi connectivity index (χ3v) is 4.49. The molecule has 0 atom stereocenters. The molecule has 1 saturated carbocycles. The van der Waals surface area contributed by atoms with E-state index in [-0.39, 0.29) is 17.9 Å². The van der Waals surface area contributed by atoms with Gasteiger partial charge >= 0.3 is 0 Å². The summed E-state index contributed by atoms with van der Waals surface area (Å²) in [5.74, 6) is 0.114. The van der Waals surface area contributed by atoms with Crippen molar-refractivity contribution in [3.63, 3.8) is 0 Å². The molecule has 132 valence electrons. The lowest BCUT2D eigenvalue weighted by atomic mass is 9.96. The number of hydrogen-bond acceptors (Lipinski definition) is 4. The predicted octanol–water partition coefficient (Wildman–Crippen LogP) is 3.06. The summed E-state index contributed by atoms with van der Waals surface area (Å²) in [5, 5.41) is 9.45. The van der Waals surface area contributed by atoms with Crippen molar-refractivity contribution in [2.75, 3.05) is 5.73 Å². The van der Waals surface area contributed by atoms with Crippen LogP contribution in [0.5, 0.6) is 0 Å². The maximum absolute atomic E-state index is 14.4. The van der Waals surface area contributed by atoms with Gasteiger partial charge < -0.3 is 11.1 Å². The third-order valence-electron chi connectivity index (χ3n) is 4.49. The Morgan fingerprint density at radius 3 is 2.54 bits per heavy atom. The van der Waals surface area contributed by atoms with Gasteiger partial charge in [-0.2, -0.15) is 4.98 Å². The highest BCUT2D eigenvalue weighted by Gasteiger charge is 2.24. The van der Waals surface area contributed by atoms with E-state index in [1.165, 1.54) is 6.07 Å². The molecule has 2 aromatic carbocycles. The van der Waals surface area contributed by atoms with Gasteiger partial charge in [-0.15, -0.1) is 5.10 Å². The van der Waals surface area contributed by atoms with Gasteiger partial charge in [0, 0.05) is 17.2 Å². The van der Waals surface area contributed by atoms with Crippen LogP contribution in [0.2, 0.25) is 0 Å². The number of H-pyrrole nitrogens is 1. The zero-order valence-electron chi connectivity index (χ0n) is 14.2. The van der Waals surface area contributed by atoms with Crippen molar-refractivity contribution in [1.82, 2.24) is 20.5 Å². The molecular weight excluding hydrogens is 333 g/mol. The first-order chi connectivity index (χ1) is 12.5. The number of aromatic amines is 1. The van der Waals surface area contributed by atoms with Crippen molar-refractivity contribution in [2.45, 2.75) is 25.8 Å². The molecule has 4 rings (SSSR count). The first-order valence-electron chi connectivity index (χ1n) is 8.41. The average molecular weight is 351 g/mol. The van der Waals surface area contributed by atoms with Crippen molar-refractivity contribution in [3.05, 3.63) is 53.3 Å². The number of carbonyl (C=O) groups excluding carboxylic acids is 1. The van der Waals surface area contributed by atoms with Crippen LogP contribution in [0.1, 0.15) is 28.8 Å². The van der Waals surface area contributed by atoms with E-state index >= 15 is 0 Å². The minimum Gasteiger partial charge on any atom is -0.366 e. The van der Waals surface area contributed by atoms with E-state index in [1.807, 2.05) is 24.3 Å². The second-order valence-electron chi connectivity index (χ2n) is 6.50. The monoisotopic (exact) mass is 351 g/mol. The number of nitrogens with one attached hydrogen (secondary N) is 2. The molecule has 1 aliphatic rings. The molecule has 4 N–H and O–H groups in total. The van der Waals surface area contributed by atoms with Gasteiger partial charge in [0.15, 0.2) is 5.82 Å². The fraction of sp³-hybridized carbons (Fsp3) is 0.211. The number of nitrogen functional groups attached to an aromatic ring is 1. The Hall–Kier alpha value is -3.22. The van der Waals surface area contributed by atoms with Crippen molar-refractivity contribution in [1.29, 1.82) is 0 Å². The van der Waals surface area contributed by atoms with Crippen molar-refractivity contribution >= 4 is 11.9 Å². The fourth-order valence-electron chi connectivity index (χ4n) is 2.82. The summed E-state index contributed by atoms with van der Waals surface area (Å²) in [6.45, 7) is 1.71. The number of halogens is 1. The van der Waals surface area contributed by atoms with Gasteiger partial charge in [-0.3, -0.25) is 9.89 Å². The molecule has 1 heterocycles. The molecule has 7 heteroatoms. The Balaban J connectivity index is 1.67. The van der Waals surface area contributed by atoms with Crippen molar-refractivity contribution in [3.8, 4) is 22.5 Å². The summed E-state index contributed by atoms with van der Waals surface area (Å²) in [7, 11) is 0. The van der Waals surface area contributed by atoms with Gasteiger partial charge in [0.25, 0.3) is 5.91 Å². The molecule has 1 aromatic heterocycles. The van der Waals surface area contributed by atoms with Crippen molar-refractivity contribution in [2.24, 2.45) is 0 Å². The molecule has 26 heavy (non-hydrogen) atoms. The van der Waals surface area contributed by atoms with E-state index < -0.39 is 5.82 Å². The summed E-state index contributed by atoms with van der Waals surface area (Å²) < 4.78 is 14.4. The number of rotatable bonds is 4. The highest BCUT2D eigenvalue weighted by Crippen LogP contribution is 2.29. The van der Waals surface area contributed by atoms with Crippen LogP contribution in [0.25, 0.3) is 22.5 Å². The normalized spacial score (nSPS) is 13.6. The van der Waals surface area contributed by atoms with Gasteiger partial charge in [0.05, 0.1) is 0 Å². The van der Waals surface area contributed by atoms with E-state index in [9.17, 15) is 9.18 Å². The van der Waals surface area contributed by atoms with Gasteiger partial charge in [-0.1, -0.05) is 24.3 Å². The molecular formula is C19H18FN5O. The number of hydrogen-bond donors (Lipinski definition) is 3. The predicted molar refractivity (Wildman–Crippen MR) is 96.9 cm³/mol. The zero-order chi connectivity index (χ0) is 18.3. The zero-order valence-corrected chi connectivity index (χ0v) is 14.2. The van der Waals surface area contributed by atoms with Crippen LogP contribution in [-0.4, -0.2) is 27.1 Å². The Labute approximate surface area is 149 Å². The van der Waals surface area contributed by atoms with Crippen LogP contribution in [0.15, 0.2) is 36.4 Å². The Morgan fingerprint density at radius 1 is 1.23 bits per heavy atom. The number of nitrogens with zero attached hydrogens (tertiary/aromatic N) is 2. The van der Waals surface area contributed by atoms with E-state index in [0.29, 0.717) is 22.5 Å². The average Bonchev–Trinajstić information content (AvgIpc) is 3.34. The molecule has 1 aliphatic carbocycles. The molecule has 0 aliphatic heterocycles. The van der Waals surface area contributed by atoms with E-state index in [2.05, 4.69) is 20.5 Å². The Kier molecular flexibility index (Phi) is 3.91. The number of carbonyl (C=O) groups is 1. The largest absolute Gasteiger partial charge is 0.366 e. The second-order valence-corrected chi connectivity index (χ2v) is 6.50. The Bertz CT molecular complexity index is 976.